The summed E-state index contributed by atoms with van der Waals surface area (Å²) in [6.07, 6.45) is 1.20. The van der Waals surface area contributed by atoms with Crippen LogP contribution in [-0.2, 0) is 6.54 Å². The minimum Gasteiger partial charge on any atom is -0.478 e. The predicted molar refractivity (Wildman–Crippen MR) is 75.4 cm³/mol. The van der Waals surface area contributed by atoms with Gasteiger partial charge in [0.05, 0.1) is 34.5 Å². The van der Waals surface area contributed by atoms with Crippen LogP contribution in [-0.4, -0.2) is 19.8 Å². The van der Waals surface area contributed by atoms with Crippen molar-refractivity contribution in [1.82, 2.24) is 8.75 Å². The summed E-state index contributed by atoms with van der Waals surface area (Å²) >= 11 is 7.24. The quantitative estimate of drug-likeness (QED) is 0.769. The van der Waals surface area contributed by atoms with Crippen LogP contribution in [0.3, 0.4) is 0 Å². The number of nitrogens with zero attached hydrogens (tertiary/aromatic N) is 2. The summed E-state index contributed by atoms with van der Waals surface area (Å²) in [7, 11) is 0. The monoisotopic (exact) mass is 309 g/mol. The average molecular weight is 310 g/mol. The summed E-state index contributed by atoms with van der Waals surface area (Å²) in [6.45, 7) is 0.309. The van der Waals surface area contributed by atoms with Gasteiger partial charge in [-0.15, -0.1) is 0 Å². The fraction of sp³-hybridized carbons (Fsp3) is 0.0833. The molecule has 0 saturated carbocycles. The number of benzene rings is 1. The van der Waals surface area contributed by atoms with Crippen LogP contribution in [0.2, 0.25) is 5.02 Å². The Bertz CT molecular complexity index is 783. The summed E-state index contributed by atoms with van der Waals surface area (Å²) < 4.78 is 13.5. The van der Waals surface area contributed by atoms with Crippen molar-refractivity contribution in [2.75, 3.05) is 5.32 Å². The van der Waals surface area contributed by atoms with Crippen LogP contribution >= 0.6 is 23.3 Å². The highest BCUT2D eigenvalue weighted by Crippen LogP contribution is 2.30. The molecule has 0 atom stereocenters. The maximum atomic E-state index is 10.8. The Hall–Kier alpha value is -2.12. The van der Waals surface area contributed by atoms with E-state index in [1.54, 1.807) is 12.1 Å². The number of halogens is 1. The van der Waals surface area contributed by atoms with Gasteiger partial charge in [0.15, 0.2) is 0 Å². The molecule has 0 aliphatic rings. The first-order valence-corrected chi connectivity index (χ1v) is 6.71. The molecule has 3 rings (SSSR count). The third kappa shape index (κ3) is 2.33. The van der Waals surface area contributed by atoms with E-state index in [0.717, 1.165) is 17.2 Å². The normalized spacial score (nSPS) is 10.8. The molecule has 2 N–H and O–H groups in total. The van der Waals surface area contributed by atoms with E-state index in [9.17, 15) is 4.79 Å². The van der Waals surface area contributed by atoms with E-state index in [2.05, 4.69) is 14.1 Å². The number of carbonyl (C=O) groups is 1. The number of carboxylic acid groups (broad SMARTS) is 1. The molecule has 0 aliphatic carbocycles. The lowest BCUT2D eigenvalue weighted by Gasteiger charge is -2.06. The molecule has 8 heteroatoms. The highest BCUT2D eigenvalue weighted by Gasteiger charge is 2.12. The van der Waals surface area contributed by atoms with Crippen molar-refractivity contribution in [3.63, 3.8) is 0 Å². The van der Waals surface area contributed by atoms with Crippen LogP contribution in [0.5, 0.6) is 0 Å². The van der Waals surface area contributed by atoms with E-state index >= 15 is 0 Å². The van der Waals surface area contributed by atoms with Gasteiger partial charge in [-0.2, -0.15) is 8.75 Å². The molecule has 0 spiro atoms. The summed E-state index contributed by atoms with van der Waals surface area (Å²) in [5.41, 5.74) is 2.22. The van der Waals surface area contributed by atoms with Crippen molar-refractivity contribution in [3.8, 4) is 0 Å². The SMILES string of the molecule is O=C(O)c1coc(CNc2c(Cl)ccc3nsnc23)c1. The van der Waals surface area contributed by atoms with Crippen molar-refractivity contribution in [2.24, 2.45) is 0 Å². The van der Waals surface area contributed by atoms with E-state index in [4.69, 9.17) is 21.1 Å². The number of furan rings is 1. The number of fused-ring (bicyclic) bond motifs is 1. The molecule has 20 heavy (non-hydrogen) atoms. The number of anilines is 1. The van der Waals surface area contributed by atoms with Gasteiger partial charge in [-0.25, -0.2) is 4.79 Å². The van der Waals surface area contributed by atoms with Gasteiger partial charge in [-0.3, -0.25) is 0 Å². The van der Waals surface area contributed by atoms with Crippen LogP contribution in [0.4, 0.5) is 5.69 Å². The van der Waals surface area contributed by atoms with Crippen LogP contribution < -0.4 is 5.32 Å². The van der Waals surface area contributed by atoms with Gasteiger partial charge in [-0.1, -0.05) is 11.6 Å². The molecule has 0 saturated heterocycles. The Morgan fingerprint density at radius 3 is 3.05 bits per heavy atom. The average Bonchev–Trinajstić information content (AvgIpc) is 3.05. The van der Waals surface area contributed by atoms with Crippen molar-refractivity contribution in [3.05, 3.63) is 40.8 Å². The molecule has 0 fully saturated rings. The third-order valence-corrected chi connectivity index (χ3v) is 3.57. The summed E-state index contributed by atoms with van der Waals surface area (Å²) in [4.78, 5) is 10.8. The standard InChI is InChI=1S/C12H8ClN3O3S/c13-8-1-2-9-11(16-20-15-9)10(8)14-4-7-3-6(5-19-7)12(17)18/h1-3,5,14H,4H2,(H,17,18). The molecule has 0 aliphatic heterocycles. The number of hydrogen-bond acceptors (Lipinski definition) is 6. The van der Waals surface area contributed by atoms with E-state index in [-0.39, 0.29) is 5.56 Å². The van der Waals surface area contributed by atoms with Crippen LogP contribution in [0.1, 0.15) is 16.1 Å². The molecule has 3 aromatic rings. The lowest BCUT2D eigenvalue weighted by Crippen LogP contribution is -2.00. The van der Waals surface area contributed by atoms with Crippen LogP contribution in [0.25, 0.3) is 11.0 Å². The number of rotatable bonds is 4. The Morgan fingerprint density at radius 1 is 1.45 bits per heavy atom. The fourth-order valence-electron chi connectivity index (χ4n) is 1.76. The zero-order valence-corrected chi connectivity index (χ0v) is 11.5. The van der Waals surface area contributed by atoms with Crippen LogP contribution in [0.15, 0.2) is 28.9 Å². The maximum absolute atomic E-state index is 10.8. The lowest BCUT2D eigenvalue weighted by molar-refractivity contribution is 0.0696. The smallest absolute Gasteiger partial charge is 0.338 e. The van der Waals surface area contributed by atoms with Crippen molar-refractivity contribution in [1.29, 1.82) is 0 Å². The molecule has 0 bridgehead atoms. The first kappa shape index (κ1) is 12.9. The Labute approximate surface area is 122 Å². The molecule has 0 amide bonds. The highest BCUT2D eigenvalue weighted by molar-refractivity contribution is 7.00. The highest BCUT2D eigenvalue weighted by atomic mass is 35.5. The summed E-state index contributed by atoms with van der Waals surface area (Å²) in [6, 6.07) is 4.99. The Morgan fingerprint density at radius 2 is 2.30 bits per heavy atom. The minimum atomic E-state index is -1.02. The van der Waals surface area contributed by atoms with E-state index < -0.39 is 5.97 Å². The van der Waals surface area contributed by atoms with Gasteiger partial charge in [0.25, 0.3) is 0 Å². The van der Waals surface area contributed by atoms with Crippen LogP contribution in [0, 0.1) is 0 Å². The van der Waals surface area contributed by atoms with E-state index in [0.29, 0.717) is 28.5 Å². The zero-order chi connectivity index (χ0) is 14.1. The number of aromatic carboxylic acids is 1. The second-order valence-electron chi connectivity index (χ2n) is 4.01. The fourth-order valence-corrected chi connectivity index (χ4v) is 2.52. The molecule has 0 radical (unpaired) electrons. The minimum absolute atomic E-state index is 0.112. The molecule has 1 aromatic carbocycles. The summed E-state index contributed by atoms with van der Waals surface area (Å²) in [5, 5.41) is 12.4. The van der Waals surface area contributed by atoms with Gasteiger partial charge in [0, 0.05) is 0 Å². The number of carboxylic acids is 1. The van der Waals surface area contributed by atoms with Gasteiger partial charge >= 0.3 is 5.97 Å². The molecule has 0 unspecified atom stereocenters. The van der Waals surface area contributed by atoms with Crippen molar-refractivity contribution in [2.45, 2.75) is 6.54 Å². The summed E-state index contributed by atoms with van der Waals surface area (Å²) in [5.74, 6) is -0.525. The molecule has 6 nitrogen and oxygen atoms in total. The number of hydrogen-bond donors (Lipinski definition) is 2. The first-order valence-electron chi connectivity index (χ1n) is 5.60. The van der Waals surface area contributed by atoms with Gasteiger partial charge in [0.2, 0.25) is 0 Å². The van der Waals surface area contributed by atoms with Crippen molar-refractivity contribution >= 4 is 46.0 Å². The molecular weight excluding hydrogens is 302 g/mol. The molecular formula is C12H8ClN3O3S. The molecule has 2 aromatic heterocycles. The third-order valence-electron chi connectivity index (χ3n) is 2.72. The molecule has 102 valence electrons. The lowest BCUT2D eigenvalue weighted by atomic mass is 10.2. The Kier molecular flexibility index (Phi) is 3.29. The van der Waals surface area contributed by atoms with E-state index in [1.807, 2.05) is 0 Å². The van der Waals surface area contributed by atoms with E-state index in [1.165, 1.54) is 12.3 Å². The number of aromatic nitrogens is 2. The van der Waals surface area contributed by atoms with Crippen molar-refractivity contribution < 1.29 is 14.3 Å². The topological polar surface area (TPSA) is 88.2 Å². The largest absolute Gasteiger partial charge is 0.478 e. The van der Waals surface area contributed by atoms with Gasteiger partial charge in [-0.05, 0) is 18.2 Å². The Balaban J connectivity index is 1.84. The van der Waals surface area contributed by atoms with Gasteiger partial charge < -0.3 is 14.8 Å². The second-order valence-corrected chi connectivity index (χ2v) is 4.95. The molecule has 2 heterocycles. The van der Waals surface area contributed by atoms with Gasteiger partial charge in [0.1, 0.15) is 23.1 Å². The predicted octanol–water partition coefficient (Wildman–Crippen LogP) is 3.25. The number of nitrogens with one attached hydrogen (secondary N) is 1. The zero-order valence-electron chi connectivity index (χ0n) is 9.96. The maximum Gasteiger partial charge on any atom is 0.338 e. The first-order chi connectivity index (χ1) is 9.65. The second kappa shape index (κ2) is 5.10.